The van der Waals surface area contributed by atoms with Crippen LogP contribution in [0.1, 0.15) is 73.8 Å². The quantitative estimate of drug-likeness (QED) is 0.147. The molecule has 9 nitrogen and oxygen atoms in total. The van der Waals surface area contributed by atoms with Crippen molar-refractivity contribution in [2.45, 2.75) is 63.7 Å². The van der Waals surface area contributed by atoms with Crippen LogP contribution in [0, 0.1) is 18.7 Å². The van der Waals surface area contributed by atoms with Crippen LogP contribution in [0.15, 0.2) is 79.3 Å². The van der Waals surface area contributed by atoms with Gasteiger partial charge in [-0.05, 0) is 111 Å². The lowest BCUT2D eigenvalue weighted by molar-refractivity contribution is 0.102. The van der Waals surface area contributed by atoms with Crippen LogP contribution in [0.2, 0.25) is 0 Å². The van der Waals surface area contributed by atoms with Gasteiger partial charge >= 0.3 is 0 Å². The van der Waals surface area contributed by atoms with E-state index in [1.807, 2.05) is 64.1 Å². The van der Waals surface area contributed by atoms with Gasteiger partial charge in [0.1, 0.15) is 21.9 Å². The second-order valence-electron chi connectivity index (χ2n) is 12.9. The molecule has 11 heteroatoms. The second kappa shape index (κ2) is 12.5. The number of fused-ring (bicyclic) bond motifs is 1. The summed E-state index contributed by atoms with van der Waals surface area (Å²) in [6.45, 7) is 7.58. The zero-order valence-electron chi connectivity index (χ0n) is 26.4. The number of benzene rings is 2. The van der Waals surface area contributed by atoms with Crippen molar-refractivity contribution in [2.75, 3.05) is 11.1 Å². The minimum atomic E-state index is -1.46. The Morgan fingerprint density at radius 1 is 1.04 bits per heavy atom. The largest absolute Gasteiger partial charge is 0.598 e. The number of hydrogen-bond donors (Lipinski definition) is 3. The van der Waals surface area contributed by atoms with Crippen LogP contribution in [0.4, 0.5) is 15.9 Å². The smallest absolute Gasteiger partial charge is 0.276 e. The normalized spacial score (nSPS) is 15.4. The first kappa shape index (κ1) is 31.7. The molecule has 2 atom stereocenters. The van der Waals surface area contributed by atoms with Crippen LogP contribution >= 0.6 is 0 Å². The van der Waals surface area contributed by atoms with Gasteiger partial charge in [0.15, 0.2) is 5.69 Å². The molecule has 6 rings (SSSR count). The SMILES string of the molecule is Cc1cc(C(=O)Nc2cc(C(CCC3CC3)(N[S+]([O-])C(C)(C)C)c3ccncc3)ccc2F)nn1-c1ccc2ccnc(N)c2c1. The Kier molecular flexibility index (Phi) is 8.58. The molecule has 46 heavy (non-hydrogen) atoms. The van der Waals surface area contributed by atoms with E-state index in [0.717, 1.165) is 35.6 Å². The molecule has 2 unspecified atom stereocenters. The second-order valence-corrected chi connectivity index (χ2v) is 14.9. The first-order valence-corrected chi connectivity index (χ1v) is 16.5. The van der Waals surface area contributed by atoms with Gasteiger partial charge in [-0.3, -0.25) is 9.78 Å². The zero-order valence-corrected chi connectivity index (χ0v) is 27.2. The molecule has 0 radical (unpaired) electrons. The summed E-state index contributed by atoms with van der Waals surface area (Å²) in [7, 11) is 0. The summed E-state index contributed by atoms with van der Waals surface area (Å²) in [5.41, 5.74) is 8.30. The predicted octanol–water partition coefficient (Wildman–Crippen LogP) is 6.58. The number of pyridine rings is 2. The molecule has 0 bridgehead atoms. The van der Waals surface area contributed by atoms with E-state index < -0.39 is 33.4 Å². The Morgan fingerprint density at radius 2 is 1.80 bits per heavy atom. The molecule has 1 aliphatic rings. The van der Waals surface area contributed by atoms with E-state index in [2.05, 4.69) is 25.1 Å². The van der Waals surface area contributed by atoms with E-state index in [1.54, 1.807) is 41.5 Å². The molecule has 2 aromatic carbocycles. The third-order valence-electron chi connectivity index (χ3n) is 8.47. The van der Waals surface area contributed by atoms with Gasteiger partial charge in [0.25, 0.3) is 5.91 Å². The number of aryl methyl sites for hydroxylation is 1. The molecule has 0 aliphatic heterocycles. The molecule has 3 heterocycles. The van der Waals surface area contributed by atoms with Crippen molar-refractivity contribution in [3.8, 4) is 5.69 Å². The van der Waals surface area contributed by atoms with Crippen molar-refractivity contribution in [1.29, 1.82) is 0 Å². The van der Waals surface area contributed by atoms with Crippen molar-refractivity contribution in [1.82, 2.24) is 24.5 Å². The van der Waals surface area contributed by atoms with Crippen molar-refractivity contribution in [3.05, 3.63) is 108 Å². The number of hydrogen-bond acceptors (Lipinski definition) is 7. The third kappa shape index (κ3) is 6.48. The van der Waals surface area contributed by atoms with E-state index in [1.165, 1.54) is 6.07 Å². The molecule has 1 amide bonds. The maximum atomic E-state index is 15.4. The van der Waals surface area contributed by atoms with Crippen LogP contribution in [0.5, 0.6) is 0 Å². The summed E-state index contributed by atoms with van der Waals surface area (Å²) < 4.78 is 33.6. The number of aromatic nitrogens is 4. The van der Waals surface area contributed by atoms with Gasteiger partial charge in [-0.2, -0.15) is 5.10 Å². The number of amides is 1. The number of nitrogens with one attached hydrogen (secondary N) is 2. The van der Waals surface area contributed by atoms with Crippen molar-refractivity contribution >= 4 is 39.5 Å². The summed E-state index contributed by atoms with van der Waals surface area (Å²) in [5.74, 6) is -0.148. The van der Waals surface area contributed by atoms with Crippen LogP contribution < -0.4 is 15.8 Å². The average molecular weight is 640 g/mol. The highest BCUT2D eigenvalue weighted by molar-refractivity contribution is 7.90. The number of nitrogens with zero attached hydrogens (tertiary/aromatic N) is 4. The molecule has 1 fully saturated rings. The molecule has 0 spiro atoms. The highest BCUT2D eigenvalue weighted by atomic mass is 32.2. The molecule has 5 aromatic rings. The summed E-state index contributed by atoms with van der Waals surface area (Å²) in [6.07, 6.45) is 8.93. The summed E-state index contributed by atoms with van der Waals surface area (Å²) in [5, 5.41) is 9.01. The zero-order chi connectivity index (χ0) is 32.6. The molecular formula is C35H38FN7O2S. The van der Waals surface area contributed by atoms with Crippen LogP contribution in [0.3, 0.4) is 0 Å². The minimum absolute atomic E-state index is 0.00690. The van der Waals surface area contributed by atoms with Gasteiger partial charge in [-0.15, -0.1) is 4.72 Å². The fourth-order valence-electron chi connectivity index (χ4n) is 5.63. The minimum Gasteiger partial charge on any atom is -0.598 e. The van der Waals surface area contributed by atoms with Gasteiger partial charge in [0.05, 0.1) is 11.4 Å². The van der Waals surface area contributed by atoms with E-state index in [4.69, 9.17) is 5.73 Å². The number of nitrogens with two attached hydrogens (primary N) is 1. The van der Waals surface area contributed by atoms with E-state index in [-0.39, 0.29) is 11.4 Å². The lowest BCUT2D eigenvalue weighted by Crippen LogP contribution is -2.52. The maximum absolute atomic E-state index is 15.4. The van der Waals surface area contributed by atoms with Gasteiger partial charge in [-0.1, -0.05) is 25.0 Å². The Morgan fingerprint density at radius 3 is 2.52 bits per heavy atom. The maximum Gasteiger partial charge on any atom is 0.276 e. The van der Waals surface area contributed by atoms with Crippen LogP contribution in [-0.4, -0.2) is 35.0 Å². The number of rotatable bonds is 10. The molecule has 238 valence electrons. The van der Waals surface area contributed by atoms with Gasteiger partial charge < -0.3 is 15.6 Å². The molecule has 1 aliphatic carbocycles. The summed E-state index contributed by atoms with van der Waals surface area (Å²) in [4.78, 5) is 21.9. The number of halogens is 1. The lowest BCUT2D eigenvalue weighted by Gasteiger charge is -2.38. The standard InChI is InChI=1S/C35H38FN7O2S/c1-22-19-31(41-43(22)27-9-7-24-12-18-39-32(37)28(24)21-27)33(44)40-30-20-26(8-10-29(30)36)35(15-11-23-5-6-23,25-13-16-38-17-14-25)42-46(45)34(2,3)4/h7-10,12-14,16-21,23,42H,5-6,11,15H2,1-4H3,(H2,37,39)(H,40,44). The van der Waals surface area contributed by atoms with Gasteiger partial charge in [0.2, 0.25) is 0 Å². The highest BCUT2D eigenvalue weighted by Gasteiger charge is 2.43. The Hall–Kier alpha value is -4.32. The fourth-order valence-corrected chi connectivity index (χ4v) is 6.59. The number of carbonyl (C=O) groups excluding carboxylic acids is 1. The Balaban J connectivity index is 1.35. The molecule has 0 saturated heterocycles. The molecule has 1 saturated carbocycles. The number of carbonyl (C=O) groups is 1. The third-order valence-corrected chi connectivity index (χ3v) is 10.1. The van der Waals surface area contributed by atoms with E-state index in [0.29, 0.717) is 35.1 Å². The average Bonchev–Trinajstić information content (AvgIpc) is 3.79. The first-order valence-electron chi connectivity index (χ1n) is 15.4. The summed E-state index contributed by atoms with van der Waals surface area (Å²) >= 11 is -1.46. The number of nitrogen functional groups attached to an aromatic ring is 1. The monoisotopic (exact) mass is 639 g/mol. The lowest BCUT2D eigenvalue weighted by atomic mass is 9.79. The van der Waals surface area contributed by atoms with E-state index >= 15 is 4.39 Å². The van der Waals surface area contributed by atoms with Crippen molar-refractivity contribution < 1.29 is 13.7 Å². The molecule has 4 N–H and O–H groups in total. The van der Waals surface area contributed by atoms with Gasteiger partial charge in [-0.25, -0.2) is 14.1 Å². The number of anilines is 2. The highest BCUT2D eigenvalue weighted by Crippen LogP contribution is 2.43. The Labute approximate surface area is 271 Å². The first-order chi connectivity index (χ1) is 21.9. The van der Waals surface area contributed by atoms with Crippen LogP contribution in [-0.2, 0) is 16.9 Å². The van der Waals surface area contributed by atoms with Crippen molar-refractivity contribution in [2.24, 2.45) is 5.92 Å². The van der Waals surface area contributed by atoms with Gasteiger partial charge in [0, 0.05) is 41.0 Å². The topological polar surface area (TPSA) is 134 Å². The Bertz CT molecular complexity index is 1890. The molecule has 3 aromatic heterocycles. The summed E-state index contributed by atoms with van der Waals surface area (Å²) in [6, 6.07) is 17.7. The van der Waals surface area contributed by atoms with Crippen LogP contribution in [0.25, 0.3) is 16.5 Å². The predicted molar refractivity (Wildman–Crippen MR) is 180 cm³/mol. The van der Waals surface area contributed by atoms with Crippen molar-refractivity contribution in [3.63, 3.8) is 0 Å². The fraction of sp³-hybridized carbons (Fsp3) is 0.314. The van der Waals surface area contributed by atoms with E-state index in [9.17, 15) is 9.35 Å². The molecular weight excluding hydrogens is 601 g/mol.